The monoisotopic (exact) mass is 486 g/mol. The molecule has 0 spiro atoms. The number of sulfone groups is 1. The van der Waals surface area contributed by atoms with Crippen molar-refractivity contribution in [2.45, 2.75) is 44.0 Å². The van der Waals surface area contributed by atoms with Gasteiger partial charge in [0.2, 0.25) is 0 Å². The van der Waals surface area contributed by atoms with Gasteiger partial charge in [-0.2, -0.15) is 0 Å². The fraction of sp³-hybridized carbons (Fsp3) is 0.360. The Balaban J connectivity index is 2.07. The number of carbonyl (C=O) groups is 2. The summed E-state index contributed by atoms with van der Waals surface area (Å²) in [5, 5.41) is 5.21. The predicted octanol–water partition coefficient (Wildman–Crippen LogP) is 3.64. The van der Waals surface area contributed by atoms with Gasteiger partial charge in [0.25, 0.3) is 0 Å². The number of urea groups is 1. The fourth-order valence-corrected chi connectivity index (χ4v) is 5.01. The molecule has 2 aromatic rings. The van der Waals surface area contributed by atoms with Crippen LogP contribution in [-0.4, -0.2) is 39.9 Å². The summed E-state index contributed by atoms with van der Waals surface area (Å²) in [6.07, 6.45) is 0. The van der Waals surface area contributed by atoms with E-state index >= 15 is 0 Å². The minimum absolute atomic E-state index is 0.0186. The van der Waals surface area contributed by atoms with Crippen molar-refractivity contribution >= 4 is 21.8 Å². The highest BCUT2D eigenvalue weighted by Crippen LogP contribution is 2.31. The van der Waals surface area contributed by atoms with Crippen LogP contribution in [0.15, 0.2) is 64.7 Å². The average molecular weight is 487 g/mol. The van der Waals surface area contributed by atoms with Gasteiger partial charge in [0.05, 0.1) is 36.0 Å². The summed E-state index contributed by atoms with van der Waals surface area (Å²) >= 11 is 0. The van der Waals surface area contributed by atoms with Gasteiger partial charge in [0.15, 0.2) is 9.84 Å². The molecular formula is C25H30N2O6S. The number of carbonyl (C=O) groups excluding carboxylic acids is 2. The number of methoxy groups -OCH3 is 1. The molecule has 2 N–H and O–H groups in total. The molecule has 0 bridgehead atoms. The van der Waals surface area contributed by atoms with E-state index in [-0.39, 0.29) is 28.2 Å². The molecule has 8 nitrogen and oxygen atoms in total. The van der Waals surface area contributed by atoms with Crippen LogP contribution in [0.2, 0.25) is 0 Å². The molecule has 1 aliphatic rings. The van der Waals surface area contributed by atoms with Gasteiger partial charge in [0.1, 0.15) is 5.75 Å². The molecule has 0 saturated carbocycles. The van der Waals surface area contributed by atoms with Crippen molar-refractivity contribution in [2.75, 3.05) is 19.5 Å². The van der Waals surface area contributed by atoms with Gasteiger partial charge in [-0.1, -0.05) is 45.0 Å². The highest BCUT2D eigenvalue weighted by Gasteiger charge is 2.36. The van der Waals surface area contributed by atoms with Crippen molar-refractivity contribution < 1.29 is 27.5 Å². The summed E-state index contributed by atoms with van der Waals surface area (Å²) < 4.78 is 37.0. The largest absolute Gasteiger partial charge is 0.497 e. The van der Waals surface area contributed by atoms with Crippen LogP contribution in [0.4, 0.5) is 4.79 Å². The Labute approximate surface area is 200 Å². The topological polar surface area (TPSA) is 111 Å². The van der Waals surface area contributed by atoms with Crippen LogP contribution >= 0.6 is 0 Å². The van der Waals surface area contributed by atoms with E-state index < -0.39 is 33.6 Å². The second kappa shape index (κ2) is 9.89. The molecule has 1 atom stereocenters. The third-order valence-corrected chi connectivity index (χ3v) is 7.15. The lowest BCUT2D eigenvalue weighted by Crippen LogP contribution is -2.47. The number of nitrogens with one attached hydrogen (secondary N) is 2. The second-order valence-corrected chi connectivity index (χ2v) is 10.9. The summed E-state index contributed by atoms with van der Waals surface area (Å²) in [6.45, 7) is 7.86. The average Bonchev–Trinajstić information content (AvgIpc) is 2.78. The molecule has 0 radical (unpaired) electrons. The lowest BCUT2D eigenvalue weighted by molar-refractivity contribution is -0.139. The van der Waals surface area contributed by atoms with Crippen molar-refractivity contribution in [3.63, 3.8) is 0 Å². The van der Waals surface area contributed by atoms with Gasteiger partial charge in [-0.15, -0.1) is 0 Å². The van der Waals surface area contributed by atoms with E-state index in [2.05, 4.69) is 10.6 Å². The van der Waals surface area contributed by atoms with Gasteiger partial charge in [0, 0.05) is 5.70 Å². The Morgan fingerprint density at radius 3 is 2.35 bits per heavy atom. The van der Waals surface area contributed by atoms with Crippen molar-refractivity contribution in [1.29, 1.82) is 0 Å². The zero-order chi connectivity index (χ0) is 25.1. The minimum atomic E-state index is -3.88. The Bertz CT molecular complexity index is 1210. The second-order valence-electron chi connectivity index (χ2n) is 8.95. The predicted molar refractivity (Wildman–Crippen MR) is 128 cm³/mol. The Hall–Kier alpha value is -3.33. The van der Waals surface area contributed by atoms with Gasteiger partial charge in [-0.25, -0.2) is 18.0 Å². The molecule has 3 rings (SSSR count). The normalized spacial score (nSPS) is 16.5. The van der Waals surface area contributed by atoms with Gasteiger partial charge in [-0.05, 0) is 47.7 Å². The Kier molecular flexibility index (Phi) is 7.35. The summed E-state index contributed by atoms with van der Waals surface area (Å²) in [5.74, 6) is -0.748. The molecule has 0 unspecified atom stereocenters. The van der Waals surface area contributed by atoms with Crippen molar-refractivity contribution in [3.8, 4) is 5.75 Å². The first-order valence-corrected chi connectivity index (χ1v) is 12.6. The first kappa shape index (κ1) is 25.3. The van der Waals surface area contributed by atoms with Crippen LogP contribution in [0.1, 0.15) is 44.9 Å². The minimum Gasteiger partial charge on any atom is -0.497 e. The van der Waals surface area contributed by atoms with E-state index in [0.29, 0.717) is 11.3 Å². The van der Waals surface area contributed by atoms with Crippen LogP contribution in [0.5, 0.6) is 5.75 Å². The molecule has 0 fully saturated rings. The zero-order valence-electron chi connectivity index (χ0n) is 20.0. The fourth-order valence-electron chi connectivity index (χ4n) is 3.69. The van der Waals surface area contributed by atoms with Crippen molar-refractivity contribution in [3.05, 3.63) is 70.9 Å². The van der Waals surface area contributed by atoms with E-state index in [4.69, 9.17) is 9.47 Å². The van der Waals surface area contributed by atoms with E-state index in [1.165, 1.54) is 7.11 Å². The lowest BCUT2D eigenvalue weighted by Gasteiger charge is -2.29. The zero-order valence-corrected chi connectivity index (χ0v) is 20.8. The van der Waals surface area contributed by atoms with E-state index in [1.807, 2.05) is 20.8 Å². The molecule has 9 heteroatoms. The van der Waals surface area contributed by atoms with Crippen LogP contribution < -0.4 is 15.4 Å². The summed E-state index contributed by atoms with van der Waals surface area (Å²) in [7, 11) is -2.37. The third-order valence-electron chi connectivity index (χ3n) is 5.49. The summed E-state index contributed by atoms with van der Waals surface area (Å²) in [5.41, 5.74) is 1.43. The van der Waals surface area contributed by atoms with Crippen LogP contribution in [0.3, 0.4) is 0 Å². The molecular weight excluding hydrogens is 456 g/mol. The molecule has 2 amide bonds. The molecule has 0 aromatic heterocycles. The van der Waals surface area contributed by atoms with Gasteiger partial charge >= 0.3 is 12.0 Å². The van der Waals surface area contributed by atoms with Crippen molar-refractivity contribution in [2.24, 2.45) is 0 Å². The Morgan fingerprint density at radius 1 is 1.09 bits per heavy atom. The number of hydrogen-bond acceptors (Lipinski definition) is 6. The molecule has 34 heavy (non-hydrogen) atoms. The first-order chi connectivity index (χ1) is 16.0. The molecule has 1 heterocycles. The van der Waals surface area contributed by atoms with E-state index in [9.17, 15) is 18.0 Å². The third kappa shape index (κ3) is 5.59. The summed E-state index contributed by atoms with van der Waals surface area (Å²) in [6, 6.07) is 11.9. The molecule has 1 aliphatic heterocycles. The van der Waals surface area contributed by atoms with E-state index in [0.717, 1.165) is 5.56 Å². The number of ether oxygens (including phenoxy) is 2. The van der Waals surface area contributed by atoms with Gasteiger partial charge in [-0.3, -0.25) is 0 Å². The maximum atomic E-state index is 13.3. The molecule has 0 saturated heterocycles. The Morgan fingerprint density at radius 2 is 1.76 bits per heavy atom. The first-order valence-electron chi connectivity index (χ1n) is 10.9. The number of amides is 2. The lowest BCUT2D eigenvalue weighted by atomic mass is 9.87. The number of benzene rings is 2. The highest BCUT2D eigenvalue weighted by molar-refractivity contribution is 7.91. The smallest absolute Gasteiger partial charge is 0.338 e. The van der Waals surface area contributed by atoms with Gasteiger partial charge < -0.3 is 20.1 Å². The van der Waals surface area contributed by atoms with E-state index in [1.54, 1.807) is 55.5 Å². The SMILES string of the molecule is CCOC(=O)C1=C(CS(=O)(=O)c2ccc(C(C)(C)C)cc2)NC(=O)N[C@@H]1c1cccc(OC)c1. The standard InChI is InChI=1S/C25H30N2O6S/c1-6-33-23(28)21-20(15-34(30,31)19-12-10-17(11-13-19)25(2,3)4)26-24(29)27-22(21)16-8-7-9-18(14-16)32-5/h7-14,22H,6,15H2,1-5H3,(H2,26,27,29)/t22-/m1/s1. The maximum absolute atomic E-state index is 13.3. The number of rotatable bonds is 7. The number of hydrogen-bond donors (Lipinski definition) is 2. The maximum Gasteiger partial charge on any atom is 0.338 e. The van der Waals surface area contributed by atoms with Crippen LogP contribution in [0.25, 0.3) is 0 Å². The molecule has 2 aromatic carbocycles. The number of esters is 1. The molecule has 0 aliphatic carbocycles. The van der Waals surface area contributed by atoms with Crippen LogP contribution in [0, 0.1) is 0 Å². The summed E-state index contributed by atoms with van der Waals surface area (Å²) in [4.78, 5) is 25.5. The van der Waals surface area contributed by atoms with Crippen molar-refractivity contribution in [1.82, 2.24) is 10.6 Å². The van der Waals surface area contributed by atoms with Crippen LogP contribution in [-0.2, 0) is 24.8 Å². The quantitative estimate of drug-likeness (QED) is 0.578. The molecule has 182 valence electrons. The highest BCUT2D eigenvalue weighted by atomic mass is 32.2.